The zero-order valence-electron chi connectivity index (χ0n) is 42.2. The number of hydrogen-bond acceptors (Lipinski definition) is 14. The Kier molecular flexibility index (Phi) is 18.5. The lowest BCUT2D eigenvalue weighted by Gasteiger charge is -2.35. The Labute approximate surface area is 464 Å². The van der Waals surface area contributed by atoms with Crippen molar-refractivity contribution in [1.82, 2.24) is 15.1 Å². The van der Waals surface area contributed by atoms with Gasteiger partial charge in [-0.3, -0.25) is 43.2 Å². The van der Waals surface area contributed by atoms with Crippen LogP contribution in [0.4, 0.5) is 10.0 Å². The van der Waals surface area contributed by atoms with E-state index in [0.717, 1.165) is 42.1 Å². The van der Waals surface area contributed by atoms with Crippen LogP contribution in [0, 0.1) is 0 Å². The highest BCUT2D eigenvalue weighted by molar-refractivity contribution is 7.24. The van der Waals surface area contributed by atoms with Gasteiger partial charge in [0.1, 0.15) is 26.7 Å². The van der Waals surface area contributed by atoms with Crippen LogP contribution in [-0.2, 0) is 41.8 Å². The van der Waals surface area contributed by atoms with E-state index < -0.39 is 65.1 Å². The zero-order chi connectivity index (χ0) is 56.2. The van der Waals surface area contributed by atoms with Crippen molar-refractivity contribution < 1.29 is 57.4 Å². The molecule has 6 aromatic rings. The van der Waals surface area contributed by atoms with Gasteiger partial charge >= 0.3 is 17.9 Å². The molecule has 6 rings (SSSR count). The number of fused-ring (bicyclic) bond motifs is 2. The van der Waals surface area contributed by atoms with E-state index in [0.29, 0.717) is 12.1 Å². The molecule has 0 bridgehead atoms. The Morgan fingerprint density at radius 3 is 1.45 bits per heavy atom. The number of rotatable bonds is 17. The molecule has 2 atom stereocenters. The first-order chi connectivity index (χ1) is 35.6. The molecule has 76 heavy (non-hydrogen) atoms. The molecule has 2 heterocycles. The summed E-state index contributed by atoms with van der Waals surface area (Å²) in [5.74, 6) is -5.88. The minimum atomic E-state index is -1.02. The molecule has 2 aromatic heterocycles. The van der Waals surface area contributed by atoms with E-state index in [1.54, 1.807) is 48.2 Å². The summed E-state index contributed by atoms with van der Waals surface area (Å²) < 4.78 is 16.4. The third-order valence-electron chi connectivity index (χ3n) is 11.6. The number of nitrogens with zero attached hydrogens (tertiary/aromatic N) is 2. The number of carbonyl (C=O) groups excluding carboxylic acids is 9. The maximum atomic E-state index is 14.7. The van der Waals surface area contributed by atoms with Gasteiger partial charge in [-0.05, 0) is 75.2 Å². The molecule has 6 amide bonds. The third kappa shape index (κ3) is 13.4. The van der Waals surface area contributed by atoms with Crippen molar-refractivity contribution in [1.29, 1.82) is 0 Å². The van der Waals surface area contributed by atoms with Crippen LogP contribution in [0.2, 0.25) is 20.1 Å². The highest BCUT2D eigenvalue weighted by Gasteiger charge is 2.33. The molecule has 4 aromatic carbocycles. The summed E-state index contributed by atoms with van der Waals surface area (Å²) >= 11 is 28.1. The van der Waals surface area contributed by atoms with Crippen LogP contribution in [-0.4, -0.2) is 87.4 Å². The molecule has 2 unspecified atom stereocenters. The van der Waals surface area contributed by atoms with Gasteiger partial charge in [-0.15, -0.1) is 22.7 Å². The van der Waals surface area contributed by atoms with E-state index in [1.807, 2.05) is 20.8 Å². The van der Waals surface area contributed by atoms with Crippen LogP contribution in [0.1, 0.15) is 115 Å². The lowest BCUT2D eigenvalue weighted by molar-refractivity contribution is -0.146. The van der Waals surface area contributed by atoms with E-state index in [-0.39, 0.29) is 103 Å². The summed E-state index contributed by atoms with van der Waals surface area (Å²) in [7, 11) is 0. The van der Waals surface area contributed by atoms with Gasteiger partial charge in [-0.25, -0.2) is 0 Å². The lowest BCUT2D eigenvalue weighted by Crippen LogP contribution is -2.54. The predicted octanol–water partition coefficient (Wildman–Crippen LogP) is 10.4. The molecule has 400 valence electrons. The monoisotopic (exact) mass is 1150 g/mol. The van der Waals surface area contributed by atoms with Gasteiger partial charge in [-0.1, -0.05) is 70.7 Å². The van der Waals surface area contributed by atoms with Gasteiger partial charge in [-0.2, -0.15) is 0 Å². The molecule has 0 spiro atoms. The van der Waals surface area contributed by atoms with Crippen molar-refractivity contribution in [2.45, 2.75) is 93.0 Å². The SMILES string of the molecule is CC(=O)OCC(C(C)NC(=O)c1c(NC(=O)c2ccc(CN(C(C)=O)C(C)(C)C)cc2)sc2c(Cl)c(OC(C)=O)c(Cl)cc12)N(Cc1ccc(C(=O)Nc2sc3c(Cl)c(OC(C)=O)c(Cl)cc3c2C(N)=O)cc1)C(C)=O. The first kappa shape index (κ1) is 58.5. The highest BCUT2D eigenvalue weighted by Crippen LogP contribution is 2.48. The van der Waals surface area contributed by atoms with E-state index >= 15 is 0 Å². The standard InChI is InChI=1S/C52H50Cl4N6O12S2/c1-23(58-49(71)39-34-19-36(54)43(74-28(6)67)41(56)45(34)76-51(39)60-48(70)32-16-12-30(13-17-32)21-62(25(3)64)52(7,8)9)37(22-72-26(4)65)61(24(2)63)20-29-10-14-31(15-11-29)47(69)59-50-38(46(57)68)33-18-35(53)42(73-27(5)66)40(55)44(33)75-50/h10-19,23,37H,20-22H2,1-9H3,(H2,57,68)(H,58,71)(H,59,69)(H,60,70). The van der Waals surface area contributed by atoms with Crippen LogP contribution < -0.4 is 31.2 Å². The van der Waals surface area contributed by atoms with Crippen molar-refractivity contribution in [3.05, 3.63) is 114 Å². The van der Waals surface area contributed by atoms with Crippen molar-refractivity contribution in [3.63, 3.8) is 0 Å². The Morgan fingerprint density at radius 1 is 0.618 bits per heavy atom. The second-order valence-electron chi connectivity index (χ2n) is 18.3. The zero-order valence-corrected chi connectivity index (χ0v) is 46.9. The van der Waals surface area contributed by atoms with E-state index in [1.165, 1.54) is 49.9 Å². The molecular weight excluding hydrogens is 1110 g/mol. The Morgan fingerprint density at radius 2 is 1.05 bits per heavy atom. The first-order valence-electron chi connectivity index (χ1n) is 22.9. The maximum absolute atomic E-state index is 14.7. The van der Waals surface area contributed by atoms with E-state index in [9.17, 15) is 43.2 Å². The number of ether oxygens (including phenoxy) is 3. The molecule has 24 heteroatoms. The van der Waals surface area contributed by atoms with Crippen molar-refractivity contribution in [2.24, 2.45) is 5.73 Å². The van der Waals surface area contributed by atoms with Crippen LogP contribution in [0.15, 0.2) is 60.7 Å². The van der Waals surface area contributed by atoms with E-state index in [4.69, 9.17) is 66.3 Å². The molecule has 0 radical (unpaired) electrons. The number of carbonyl (C=O) groups is 9. The minimum absolute atomic E-state index is 0.0334. The number of esters is 3. The van der Waals surface area contributed by atoms with Crippen LogP contribution in [0.25, 0.3) is 20.2 Å². The summed E-state index contributed by atoms with van der Waals surface area (Å²) in [5.41, 5.74) is 6.73. The van der Waals surface area contributed by atoms with Gasteiger partial charge in [0.25, 0.3) is 23.6 Å². The van der Waals surface area contributed by atoms with Gasteiger partial charge < -0.3 is 45.7 Å². The van der Waals surface area contributed by atoms with Gasteiger partial charge in [0.15, 0.2) is 11.5 Å². The minimum Gasteiger partial charge on any atom is -0.464 e. The first-order valence-corrected chi connectivity index (χ1v) is 26.1. The Hall–Kier alpha value is -6.81. The molecule has 0 aliphatic carbocycles. The fourth-order valence-corrected chi connectivity index (χ4v) is 11.5. The molecule has 0 saturated carbocycles. The van der Waals surface area contributed by atoms with Crippen LogP contribution >= 0.6 is 69.1 Å². The molecule has 0 aliphatic heterocycles. The van der Waals surface area contributed by atoms with Crippen LogP contribution in [0.3, 0.4) is 0 Å². The number of nitrogens with one attached hydrogen (secondary N) is 3. The summed E-state index contributed by atoms with van der Waals surface area (Å²) in [5, 5.41) is 8.52. The van der Waals surface area contributed by atoms with Crippen molar-refractivity contribution in [2.75, 3.05) is 17.2 Å². The van der Waals surface area contributed by atoms with Gasteiger partial charge in [0.2, 0.25) is 11.8 Å². The number of halogens is 4. The summed E-state index contributed by atoms with van der Waals surface area (Å²) in [4.78, 5) is 120. The third-order valence-corrected chi connectivity index (χ3v) is 15.4. The summed E-state index contributed by atoms with van der Waals surface area (Å²) in [6.07, 6.45) is 0. The number of thiophene rings is 2. The number of primary amides is 1. The van der Waals surface area contributed by atoms with Crippen LogP contribution in [0.5, 0.6) is 11.5 Å². The Bertz CT molecular complexity index is 3360. The van der Waals surface area contributed by atoms with Crippen molar-refractivity contribution in [3.8, 4) is 11.5 Å². The predicted molar refractivity (Wildman–Crippen MR) is 293 cm³/mol. The average Bonchev–Trinajstić information content (AvgIpc) is 3.87. The summed E-state index contributed by atoms with van der Waals surface area (Å²) in [6.45, 7) is 13.4. The molecule has 18 nitrogen and oxygen atoms in total. The number of nitrogens with two attached hydrogens (primary N) is 1. The fraction of sp³-hybridized carbons (Fsp3) is 0.288. The second-order valence-corrected chi connectivity index (χ2v) is 21.9. The summed E-state index contributed by atoms with van der Waals surface area (Å²) in [6, 6.07) is 13.4. The number of hydrogen-bond donors (Lipinski definition) is 4. The van der Waals surface area contributed by atoms with Crippen molar-refractivity contribution >= 4 is 153 Å². The largest absolute Gasteiger partial charge is 0.464 e. The average molecular weight is 1160 g/mol. The fourth-order valence-electron chi connectivity index (χ4n) is 8.03. The van der Waals surface area contributed by atoms with Gasteiger partial charge in [0.05, 0.1) is 42.7 Å². The van der Waals surface area contributed by atoms with Gasteiger partial charge in [0, 0.05) is 75.1 Å². The molecule has 0 fully saturated rings. The highest BCUT2D eigenvalue weighted by atomic mass is 35.5. The normalized spacial score (nSPS) is 12.1. The number of amides is 6. The number of benzene rings is 4. The van der Waals surface area contributed by atoms with E-state index in [2.05, 4.69) is 16.0 Å². The lowest BCUT2D eigenvalue weighted by atomic mass is 10.0. The maximum Gasteiger partial charge on any atom is 0.308 e. The topological polar surface area (TPSA) is 250 Å². The second kappa shape index (κ2) is 24.0. The Balaban J connectivity index is 1.28. The molecular formula is C52H50Cl4N6O12S2. The number of anilines is 2. The molecule has 5 N–H and O–H groups in total. The quantitative estimate of drug-likeness (QED) is 0.0492. The molecule has 0 saturated heterocycles. The molecule has 0 aliphatic rings. The smallest absolute Gasteiger partial charge is 0.308 e.